The number of anilines is 1. The molecule has 3 N–H and O–H groups in total. The quantitative estimate of drug-likeness (QED) is 0.400. The Hall–Kier alpha value is -3.52. The lowest BCUT2D eigenvalue weighted by Crippen LogP contribution is -2.17. The molecule has 3 heterocycles. The molecule has 0 unspecified atom stereocenters. The Morgan fingerprint density at radius 2 is 1.97 bits per heavy atom. The van der Waals surface area contributed by atoms with E-state index in [9.17, 15) is 4.79 Å². The van der Waals surface area contributed by atoms with Gasteiger partial charge in [0.05, 0.1) is 16.5 Å². The molecular weight excluding hydrogens is 384 g/mol. The molecule has 0 aliphatic rings. The second-order valence-corrected chi connectivity index (χ2v) is 7.69. The summed E-state index contributed by atoms with van der Waals surface area (Å²) in [5.74, 6) is 0.0812. The van der Waals surface area contributed by atoms with Crippen LogP contribution in [0.3, 0.4) is 0 Å². The highest BCUT2D eigenvalue weighted by Crippen LogP contribution is 2.31. The van der Waals surface area contributed by atoms with E-state index in [1.807, 2.05) is 45.0 Å². The second kappa shape index (κ2) is 7.48. The number of hydrogen-bond donors (Lipinski definition) is 2. The van der Waals surface area contributed by atoms with E-state index >= 15 is 0 Å². The van der Waals surface area contributed by atoms with Crippen LogP contribution < -0.4 is 11.2 Å². The van der Waals surface area contributed by atoms with Crippen LogP contribution in [-0.2, 0) is 0 Å². The lowest BCUT2D eigenvalue weighted by molar-refractivity contribution is 0.0958. The molecule has 0 fully saturated rings. The average Bonchev–Trinajstić information content (AvgIpc) is 3.19. The molecule has 0 aliphatic heterocycles. The summed E-state index contributed by atoms with van der Waals surface area (Å²) in [4.78, 5) is 22.0. The number of fused-ring (bicyclic) bond motifs is 1. The molecule has 1 aromatic carbocycles. The largest absolute Gasteiger partial charge is 0.383 e. The number of aryl methyl sites for hydroxylation is 2. The third-order valence-electron chi connectivity index (χ3n) is 4.82. The predicted octanol–water partition coefficient (Wildman–Crippen LogP) is 3.75. The van der Waals surface area contributed by atoms with Gasteiger partial charge in [-0.05, 0) is 44.5 Å². The molecule has 4 aromatic rings. The van der Waals surface area contributed by atoms with E-state index in [-0.39, 0.29) is 5.91 Å². The zero-order valence-corrected chi connectivity index (χ0v) is 17.1. The van der Waals surface area contributed by atoms with Crippen LogP contribution in [0.15, 0.2) is 47.8 Å². The summed E-state index contributed by atoms with van der Waals surface area (Å²) in [5.41, 5.74) is 13.5. The standard InChI is InChI=1S/C21H20N6OS/c1-12-9-15(14(3)27(12)16-7-5-4-6-8-16)10-25-26-20(28)18-13(2)17-19(22)23-11-24-21(17)29-18/h4-11H,1-3H3,(H,26,28)(H2,22,23,24)/b25-10-. The second-order valence-electron chi connectivity index (χ2n) is 6.69. The molecule has 0 radical (unpaired) electrons. The van der Waals surface area contributed by atoms with Gasteiger partial charge >= 0.3 is 0 Å². The first-order valence-corrected chi connectivity index (χ1v) is 9.86. The van der Waals surface area contributed by atoms with E-state index in [1.165, 1.54) is 17.7 Å². The fourth-order valence-corrected chi connectivity index (χ4v) is 4.47. The highest BCUT2D eigenvalue weighted by Gasteiger charge is 2.18. The van der Waals surface area contributed by atoms with Crippen molar-refractivity contribution < 1.29 is 4.79 Å². The number of amides is 1. The Balaban J connectivity index is 1.56. The first-order chi connectivity index (χ1) is 14.0. The number of benzene rings is 1. The summed E-state index contributed by atoms with van der Waals surface area (Å²) in [7, 11) is 0. The van der Waals surface area contributed by atoms with Gasteiger partial charge in [-0.2, -0.15) is 5.10 Å². The van der Waals surface area contributed by atoms with Crippen LogP contribution in [-0.4, -0.2) is 26.7 Å². The highest BCUT2D eigenvalue weighted by molar-refractivity contribution is 7.20. The van der Waals surface area contributed by atoms with Gasteiger partial charge in [0.1, 0.15) is 17.0 Å². The molecule has 146 valence electrons. The zero-order valence-electron chi connectivity index (χ0n) is 16.3. The van der Waals surface area contributed by atoms with Gasteiger partial charge in [0, 0.05) is 22.6 Å². The van der Waals surface area contributed by atoms with Crippen molar-refractivity contribution in [1.82, 2.24) is 20.0 Å². The molecule has 0 bridgehead atoms. The van der Waals surface area contributed by atoms with E-state index in [1.54, 1.807) is 6.21 Å². The summed E-state index contributed by atoms with van der Waals surface area (Å²) in [6.07, 6.45) is 3.06. The molecular formula is C21H20N6OS. The third kappa shape index (κ3) is 3.38. The van der Waals surface area contributed by atoms with Crippen molar-refractivity contribution in [2.45, 2.75) is 20.8 Å². The number of hydrogen-bond acceptors (Lipinski definition) is 6. The number of hydrazone groups is 1. The number of nitrogens with two attached hydrogens (primary N) is 1. The van der Waals surface area contributed by atoms with E-state index < -0.39 is 0 Å². The third-order valence-corrected chi connectivity index (χ3v) is 6.02. The Kier molecular flexibility index (Phi) is 4.85. The maximum atomic E-state index is 12.6. The van der Waals surface area contributed by atoms with Gasteiger partial charge < -0.3 is 10.3 Å². The molecule has 1 amide bonds. The normalized spacial score (nSPS) is 11.4. The summed E-state index contributed by atoms with van der Waals surface area (Å²) in [5, 5.41) is 4.88. The molecule has 0 saturated heterocycles. The Morgan fingerprint density at radius 3 is 2.69 bits per heavy atom. The maximum absolute atomic E-state index is 12.6. The van der Waals surface area contributed by atoms with Crippen molar-refractivity contribution in [1.29, 1.82) is 0 Å². The van der Waals surface area contributed by atoms with Crippen LogP contribution in [0.4, 0.5) is 5.82 Å². The van der Waals surface area contributed by atoms with Crippen LogP contribution in [0.1, 0.15) is 32.2 Å². The van der Waals surface area contributed by atoms with Gasteiger partial charge in [-0.15, -0.1) is 11.3 Å². The number of carbonyl (C=O) groups is 1. The van der Waals surface area contributed by atoms with Gasteiger partial charge in [0.25, 0.3) is 5.91 Å². The smallest absolute Gasteiger partial charge is 0.281 e. The van der Waals surface area contributed by atoms with Crippen LogP contribution in [0.5, 0.6) is 0 Å². The van der Waals surface area contributed by atoms with E-state index in [0.29, 0.717) is 15.5 Å². The Bertz CT molecular complexity index is 1240. The van der Waals surface area contributed by atoms with E-state index in [0.717, 1.165) is 33.6 Å². The van der Waals surface area contributed by atoms with Crippen LogP contribution in [0.2, 0.25) is 0 Å². The minimum absolute atomic E-state index is 0.294. The number of aromatic nitrogens is 3. The van der Waals surface area contributed by atoms with Crippen molar-refractivity contribution in [2.75, 3.05) is 5.73 Å². The first-order valence-electron chi connectivity index (χ1n) is 9.04. The van der Waals surface area contributed by atoms with Crippen molar-refractivity contribution in [3.63, 3.8) is 0 Å². The molecule has 29 heavy (non-hydrogen) atoms. The van der Waals surface area contributed by atoms with Crippen molar-refractivity contribution in [3.05, 3.63) is 70.1 Å². The lowest BCUT2D eigenvalue weighted by Gasteiger charge is -2.08. The van der Waals surface area contributed by atoms with Crippen LogP contribution in [0, 0.1) is 20.8 Å². The number of thiophene rings is 1. The van der Waals surface area contributed by atoms with Crippen molar-refractivity contribution in [2.24, 2.45) is 5.10 Å². The highest BCUT2D eigenvalue weighted by atomic mass is 32.1. The fraction of sp³-hybridized carbons (Fsp3) is 0.143. The summed E-state index contributed by atoms with van der Waals surface area (Å²) < 4.78 is 2.15. The Labute approximate surface area is 171 Å². The lowest BCUT2D eigenvalue weighted by atomic mass is 10.2. The van der Waals surface area contributed by atoms with Gasteiger partial charge in [-0.3, -0.25) is 4.79 Å². The summed E-state index contributed by atoms with van der Waals surface area (Å²) in [6, 6.07) is 12.2. The van der Waals surface area contributed by atoms with Gasteiger partial charge in [0.2, 0.25) is 0 Å². The molecule has 3 aromatic heterocycles. The SMILES string of the molecule is Cc1c(C(=O)N/N=C\c2cc(C)n(-c3ccccc3)c2C)sc2ncnc(N)c12. The molecule has 0 spiro atoms. The van der Waals surface area contributed by atoms with Crippen molar-refractivity contribution >= 4 is 39.5 Å². The summed E-state index contributed by atoms with van der Waals surface area (Å²) in [6.45, 7) is 5.91. The van der Waals surface area contributed by atoms with E-state index in [4.69, 9.17) is 5.73 Å². The Morgan fingerprint density at radius 1 is 1.21 bits per heavy atom. The van der Waals surface area contributed by atoms with Crippen LogP contribution >= 0.6 is 11.3 Å². The maximum Gasteiger partial charge on any atom is 0.281 e. The topological polar surface area (TPSA) is 98.2 Å². The minimum Gasteiger partial charge on any atom is -0.383 e. The summed E-state index contributed by atoms with van der Waals surface area (Å²) >= 11 is 1.28. The molecule has 0 atom stereocenters. The minimum atomic E-state index is -0.294. The number of carbonyl (C=O) groups excluding carboxylic acids is 1. The number of rotatable bonds is 4. The molecule has 4 rings (SSSR count). The van der Waals surface area contributed by atoms with Crippen LogP contribution in [0.25, 0.3) is 15.9 Å². The van der Waals surface area contributed by atoms with Gasteiger partial charge in [-0.25, -0.2) is 15.4 Å². The molecule has 0 saturated carbocycles. The first kappa shape index (κ1) is 18.8. The number of nitrogens with one attached hydrogen (secondary N) is 1. The monoisotopic (exact) mass is 404 g/mol. The molecule has 8 heteroatoms. The van der Waals surface area contributed by atoms with Gasteiger partial charge in [0.15, 0.2) is 0 Å². The fourth-order valence-electron chi connectivity index (χ4n) is 3.42. The molecule has 7 nitrogen and oxygen atoms in total. The zero-order chi connectivity index (χ0) is 20.5. The number of nitrogens with zero attached hydrogens (tertiary/aromatic N) is 4. The number of nitrogen functional groups attached to an aromatic ring is 1. The van der Waals surface area contributed by atoms with Crippen molar-refractivity contribution in [3.8, 4) is 5.69 Å². The van der Waals surface area contributed by atoms with E-state index in [2.05, 4.69) is 37.2 Å². The predicted molar refractivity (Wildman–Crippen MR) is 117 cm³/mol. The molecule has 0 aliphatic carbocycles. The number of para-hydroxylation sites is 1. The van der Waals surface area contributed by atoms with Gasteiger partial charge in [-0.1, -0.05) is 18.2 Å². The average molecular weight is 404 g/mol.